The third-order valence-electron chi connectivity index (χ3n) is 2.35. The van der Waals surface area contributed by atoms with Crippen LogP contribution in [0.1, 0.15) is 33.1 Å². The van der Waals surface area contributed by atoms with Gasteiger partial charge in [-0.3, -0.25) is 0 Å². The minimum atomic E-state index is -1.66. The summed E-state index contributed by atoms with van der Waals surface area (Å²) in [5, 5.41) is 0.779. The summed E-state index contributed by atoms with van der Waals surface area (Å²) in [5.41, 5.74) is 0. The first kappa shape index (κ1) is 13.3. The monoisotopic (exact) mass is 239 g/mol. The van der Waals surface area contributed by atoms with Gasteiger partial charge in [-0.15, -0.1) is 4.52 Å². The number of hydrogen-bond donors (Lipinski definition) is 0. The average Bonchev–Trinajstić information content (AvgIpc) is 2.29. The second-order valence-electron chi connectivity index (χ2n) is 4.32. The van der Waals surface area contributed by atoms with E-state index in [0.29, 0.717) is 6.61 Å². The van der Waals surface area contributed by atoms with Crippen LogP contribution < -0.4 is 5.30 Å². The van der Waals surface area contributed by atoms with Crippen molar-refractivity contribution in [3.63, 3.8) is 0 Å². The molecule has 0 spiro atoms. The maximum Gasteiger partial charge on any atom is 0.548 e. The molecular weight excluding hydrogens is 219 g/mol. The molecule has 0 saturated carbocycles. The zero-order valence-electron chi connectivity index (χ0n) is 10.1. The van der Waals surface area contributed by atoms with Crippen molar-refractivity contribution in [3.05, 3.63) is 30.3 Å². The van der Waals surface area contributed by atoms with Gasteiger partial charge in [-0.2, -0.15) is 0 Å². The summed E-state index contributed by atoms with van der Waals surface area (Å²) in [5.74, 6) is 0.739. The Morgan fingerprint density at radius 1 is 1.19 bits per heavy atom. The van der Waals surface area contributed by atoms with Crippen molar-refractivity contribution >= 4 is 13.3 Å². The topological polar surface area (TPSA) is 26.3 Å². The molecule has 1 aromatic rings. The van der Waals surface area contributed by atoms with E-state index < -0.39 is 8.03 Å². The van der Waals surface area contributed by atoms with Gasteiger partial charge >= 0.3 is 8.03 Å². The van der Waals surface area contributed by atoms with E-state index in [1.807, 2.05) is 30.3 Å². The molecule has 3 heteroatoms. The Labute approximate surface area is 98.9 Å². The lowest BCUT2D eigenvalue weighted by molar-refractivity contribution is 0.318. The second-order valence-corrected chi connectivity index (χ2v) is 5.60. The van der Waals surface area contributed by atoms with E-state index >= 15 is 0 Å². The lowest BCUT2D eigenvalue weighted by Crippen LogP contribution is -1.98. The second kappa shape index (κ2) is 7.54. The Bertz CT molecular complexity index is 309. The lowest BCUT2D eigenvalue weighted by atomic mass is 10.1. The van der Waals surface area contributed by atoms with Crippen molar-refractivity contribution in [1.82, 2.24) is 0 Å². The summed E-state index contributed by atoms with van der Waals surface area (Å²) in [7, 11) is -1.66. The van der Waals surface area contributed by atoms with Crippen molar-refractivity contribution in [2.45, 2.75) is 33.1 Å². The van der Waals surface area contributed by atoms with Gasteiger partial charge in [0.05, 0.1) is 0 Å². The van der Waals surface area contributed by atoms with Crippen LogP contribution in [0.4, 0.5) is 0 Å². The molecule has 0 bridgehead atoms. The molecule has 0 fully saturated rings. The molecule has 88 valence electrons. The molecular formula is C13H20O2P+. The molecule has 1 rings (SSSR count). The van der Waals surface area contributed by atoms with Crippen LogP contribution in [0, 0.1) is 5.92 Å². The Kier molecular flexibility index (Phi) is 6.29. The lowest BCUT2D eigenvalue weighted by Gasteiger charge is -2.01. The van der Waals surface area contributed by atoms with Crippen LogP contribution in [0.15, 0.2) is 30.3 Å². The highest BCUT2D eigenvalue weighted by atomic mass is 31.1. The Hall–Kier alpha value is -0.720. The fourth-order valence-corrected chi connectivity index (χ4v) is 2.29. The van der Waals surface area contributed by atoms with Gasteiger partial charge in [-0.25, -0.2) is 0 Å². The molecule has 0 amide bonds. The first-order valence-corrected chi connectivity index (χ1v) is 7.03. The smallest absolute Gasteiger partial charge is 0.142 e. The highest BCUT2D eigenvalue weighted by Crippen LogP contribution is 2.21. The first-order valence-electron chi connectivity index (χ1n) is 5.85. The zero-order chi connectivity index (χ0) is 11.8. The fraction of sp³-hybridized carbons (Fsp3) is 0.538. The van der Waals surface area contributed by atoms with Crippen LogP contribution in [-0.4, -0.2) is 6.61 Å². The Balaban J connectivity index is 2.16. The van der Waals surface area contributed by atoms with Gasteiger partial charge < -0.3 is 0 Å². The highest BCUT2D eigenvalue weighted by Gasteiger charge is 2.20. The van der Waals surface area contributed by atoms with Gasteiger partial charge in [0, 0.05) is 0 Å². The third-order valence-corrected chi connectivity index (χ3v) is 3.49. The summed E-state index contributed by atoms with van der Waals surface area (Å²) in [4.78, 5) is 0. The van der Waals surface area contributed by atoms with Gasteiger partial charge in [0.25, 0.3) is 0 Å². The highest BCUT2D eigenvalue weighted by molar-refractivity contribution is 7.48. The summed E-state index contributed by atoms with van der Waals surface area (Å²) >= 11 is 0. The molecule has 0 aliphatic rings. The molecule has 0 aromatic heterocycles. The van der Waals surface area contributed by atoms with Crippen molar-refractivity contribution in [1.29, 1.82) is 0 Å². The normalized spacial score (nSPS) is 11.8. The summed E-state index contributed by atoms with van der Waals surface area (Å²) < 4.78 is 17.0. The van der Waals surface area contributed by atoms with Crippen LogP contribution in [0.3, 0.4) is 0 Å². The summed E-state index contributed by atoms with van der Waals surface area (Å²) in [6.07, 6.45) is 3.35. The van der Waals surface area contributed by atoms with E-state index in [4.69, 9.17) is 4.52 Å². The van der Waals surface area contributed by atoms with Crippen LogP contribution in [0.25, 0.3) is 0 Å². The van der Waals surface area contributed by atoms with Crippen LogP contribution >= 0.6 is 8.03 Å². The predicted octanol–water partition coefficient (Wildman–Crippen LogP) is 3.90. The molecule has 16 heavy (non-hydrogen) atoms. The SMILES string of the molecule is CC(C)CCCCO[P+](=O)c1ccccc1. The van der Waals surface area contributed by atoms with Crippen LogP contribution in [0.2, 0.25) is 0 Å². The molecule has 1 aromatic carbocycles. The number of benzene rings is 1. The van der Waals surface area contributed by atoms with Crippen molar-refractivity contribution in [3.8, 4) is 0 Å². The third kappa shape index (κ3) is 5.39. The average molecular weight is 239 g/mol. The molecule has 1 atom stereocenters. The van der Waals surface area contributed by atoms with E-state index in [2.05, 4.69) is 13.8 Å². The maximum absolute atomic E-state index is 11.7. The molecule has 0 aliphatic carbocycles. The molecule has 0 N–H and O–H groups in total. The van der Waals surface area contributed by atoms with E-state index in [1.54, 1.807) is 0 Å². The molecule has 0 heterocycles. The van der Waals surface area contributed by atoms with E-state index in [9.17, 15) is 4.57 Å². The minimum Gasteiger partial charge on any atom is -0.142 e. The van der Waals surface area contributed by atoms with Gasteiger partial charge in [0.2, 0.25) is 5.30 Å². The zero-order valence-corrected chi connectivity index (χ0v) is 11.0. The number of unbranched alkanes of at least 4 members (excludes halogenated alkanes) is 1. The van der Waals surface area contributed by atoms with E-state index in [1.165, 1.54) is 6.42 Å². The number of rotatable bonds is 7. The van der Waals surface area contributed by atoms with Crippen LogP contribution in [-0.2, 0) is 9.09 Å². The Morgan fingerprint density at radius 3 is 2.50 bits per heavy atom. The molecule has 0 radical (unpaired) electrons. The quantitative estimate of drug-likeness (QED) is 0.533. The van der Waals surface area contributed by atoms with Gasteiger partial charge in [-0.05, 0) is 29.0 Å². The van der Waals surface area contributed by atoms with Gasteiger partial charge in [0.1, 0.15) is 6.61 Å². The van der Waals surface area contributed by atoms with E-state index in [0.717, 1.165) is 24.1 Å². The fourth-order valence-electron chi connectivity index (χ4n) is 1.43. The molecule has 0 saturated heterocycles. The molecule has 2 nitrogen and oxygen atoms in total. The summed E-state index contributed by atoms with van der Waals surface area (Å²) in [6.45, 7) is 5.02. The van der Waals surface area contributed by atoms with Crippen molar-refractivity contribution in [2.75, 3.05) is 6.61 Å². The van der Waals surface area contributed by atoms with Crippen molar-refractivity contribution in [2.24, 2.45) is 5.92 Å². The first-order chi connectivity index (χ1) is 7.70. The summed E-state index contributed by atoms with van der Waals surface area (Å²) in [6, 6.07) is 9.35. The minimum absolute atomic E-state index is 0.594. The van der Waals surface area contributed by atoms with Crippen LogP contribution in [0.5, 0.6) is 0 Å². The molecule has 1 unspecified atom stereocenters. The molecule has 0 aliphatic heterocycles. The number of hydrogen-bond acceptors (Lipinski definition) is 2. The largest absolute Gasteiger partial charge is 0.548 e. The predicted molar refractivity (Wildman–Crippen MR) is 68.3 cm³/mol. The van der Waals surface area contributed by atoms with Gasteiger partial charge in [0.15, 0.2) is 0 Å². The maximum atomic E-state index is 11.7. The Morgan fingerprint density at radius 2 is 1.88 bits per heavy atom. The van der Waals surface area contributed by atoms with Crippen molar-refractivity contribution < 1.29 is 9.09 Å². The van der Waals surface area contributed by atoms with E-state index in [-0.39, 0.29) is 0 Å². The standard InChI is InChI=1S/C13H20O2P/c1-12(2)8-6-7-11-15-16(14)13-9-4-3-5-10-13/h3-5,9-10,12H,6-8,11H2,1-2H3/q+1. The van der Waals surface area contributed by atoms with Gasteiger partial charge in [-0.1, -0.05) is 44.9 Å².